The van der Waals surface area contributed by atoms with Crippen LogP contribution >= 0.6 is 0 Å². The van der Waals surface area contributed by atoms with Crippen LogP contribution in [0.4, 0.5) is 41.1 Å². The van der Waals surface area contributed by atoms with Crippen molar-refractivity contribution in [3.63, 3.8) is 0 Å². The fraction of sp³-hybridized carbons (Fsp3) is 0.435. The molecule has 1 saturated heterocycles. The van der Waals surface area contributed by atoms with Crippen molar-refractivity contribution in [2.75, 3.05) is 82.4 Å². The maximum Gasteiger partial charge on any atom is 0.409 e. The molecule has 350 valence electrons. The second-order valence-corrected chi connectivity index (χ2v) is 14.2. The fourth-order valence-corrected chi connectivity index (χ4v) is 6.27. The molecule has 16 nitrogen and oxygen atoms in total. The molecular formula is C46H66F2N10O6. The molecule has 3 heterocycles. The van der Waals surface area contributed by atoms with Crippen molar-refractivity contribution in [3.8, 4) is 0 Å². The van der Waals surface area contributed by atoms with E-state index in [0.29, 0.717) is 55.0 Å². The number of nitrogens with one attached hydrogen (secondary N) is 2. The summed E-state index contributed by atoms with van der Waals surface area (Å²) in [7, 11) is 1.40. The van der Waals surface area contributed by atoms with Crippen LogP contribution in [0.3, 0.4) is 0 Å². The third-order valence-electron chi connectivity index (χ3n) is 9.53. The van der Waals surface area contributed by atoms with Crippen LogP contribution < -0.4 is 16.4 Å². The predicted molar refractivity (Wildman–Crippen MR) is 250 cm³/mol. The molecule has 18 heteroatoms. The van der Waals surface area contributed by atoms with E-state index in [1.54, 1.807) is 65.7 Å². The lowest BCUT2D eigenvalue weighted by Gasteiger charge is -2.33. The number of nitrogens with two attached hydrogens (primary N) is 1. The Hall–Kier alpha value is -6.33. The standard InChI is InChI=1S/C22H30FN5O3.C15H22FN3O2.C7H6N2O.2CH4/c1-3-12-28(14-11-24-16-31-30)13-5-7-18-6-4-8-20(21(18)23)27-22(29)26-19-10-9-17(2)25-15-19;1-21-15(20)19-10-8-18(9-11-19)7-3-5-12-4-2-6-13(17)14(12)16;1-6-2-3-7(4-8-6)9-5-10;;/h4,6,8-10,15-16,30H,3,5,7,11-14H2,1-2H3,(H2,26,27,29);2,4,6H,3,5,7-11,17H2,1H3;2-4H,1H3;2*1H4. The number of halogens is 2. The zero-order valence-electron chi connectivity index (χ0n) is 35.9. The number of nitrogen functional groups attached to an aromatic ring is 1. The lowest BCUT2D eigenvalue weighted by molar-refractivity contribution is -0.147. The minimum absolute atomic E-state index is 0. The number of carbonyl (C=O) groups is 2. The summed E-state index contributed by atoms with van der Waals surface area (Å²) in [5.74, 6) is -0.723. The maximum atomic E-state index is 14.9. The molecule has 0 bridgehead atoms. The minimum atomic E-state index is -0.525. The average molecular weight is 893 g/mol. The Morgan fingerprint density at radius 1 is 0.891 bits per heavy atom. The van der Waals surface area contributed by atoms with Gasteiger partial charge in [-0.05, 0) is 113 Å². The first kappa shape index (κ1) is 55.7. The van der Waals surface area contributed by atoms with Crippen LogP contribution in [0.2, 0.25) is 0 Å². The van der Waals surface area contributed by atoms with Crippen molar-refractivity contribution in [2.24, 2.45) is 9.98 Å². The first-order valence-electron chi connectivity index (χ1n) is 20.3. The lowest BCUT2D eigenvalue weighted by Crippen LogP contribution is -2.48. The molecule has 1 aliphatic heterocycles. The van der Waals surface area contributed by atoms with Crippen LogP contribution in [0, 0.1) is 25.5 Å². The largest absolute Gasteiger partial charge is 0.453 e. The number of benzene rings is 2. The van der Waals surface area contributed by atoms with Gasteiger partial charge in [0.25, 0.3) is 0 Å². The number of hydrogen-bond donors (Lipinski definition) is 4. The second-order valence-electron chi connectivity index (χ2n) is 14.2. The molecule has 4 aromatic rings. The van der Waals surface area contributed by atoms with Gasteiger partial charge in [0.15, 0.2) is 0 Å². The van der Waals surface area contributed by atoms with E-state index in [2.05, 4.69) is 52.2 Å². The third kappa shape index (κ3) is 20.7. The number of aromatic nitrogens is 2. The van der Waals surface area contributed by atoms with Crippen LogP contribution in [0.5, 0.6) is 0 Å². The van der Waals surface area contributed by atoms with Gasteiger partial charge in [-0.25, -0.2) is 28.4 Å². The molecule has 1 fully saturated rings. The van der Waals surface area contributed by atoms with E-state index in [4.69, 9.17) is 15.7 Å². The van der Waals surface area contributed by atoms with Crippen molar-refractivity contribution < 1.29 is 38.0 Å². The van der Waals surface area contributed by atoms with E-state index in [0.717, 1.165) is 76.3 Å². The summed E-state index contributed by atoms with van der Waals surface area (Å²) in [6.45, 7) is 12.7. The van der Waals surface area contributed by atoms with Crippen molar-refractivity contribution in [1.29, 1.82) is 0 Å². The second kappa shape index (κ2) is 31.5. The van der Waals surface area contributed by atoms with Gasteiger partial charge in [0.2, 0.25) is 12.5 Å². The molecule has 2 aromatic heterocycles. The molecule has 5 rings (SSSR count). The summed E-state index contributed by atoms with van der Waals surface area (Å²) >= 11 is 0. The van der Waals surface area contributed by atoms with Crippen LogP contribution in [0.15, 0.2) is 83.0 Å². The molecule has 64 heavy (non-hydrogen) atoms. The number of amides is 3. The summed E-state index contributed by atoms with van der Waals surface area (Å²) in [5.41, 5.74) is 9.95. The number of pyridine rings is 2. The number of carbonyl (C=O) groups excluding carboxylic acids is 3. The topological polar surface area (TPSA) is 200 Å². The van der Waals surface area contributed by atoms with Gasteiger partial charge in [-0.3, -0.25) is 19.9 Å². The highest BCUT2D eigenvalue weighted by molar-refractivity contribution is 5.99. The van der Waals surface area contributed by atoms with E-state index in [1.165, 1.54) is 25.5 Å². The van der Waals surface area contributed by atoms with Gasteiger partial charge in [-0.1, -0.05) is 46.0 Å². The molecule has 1 aliphatic rings. The molecule has 0 aliphatic carbocycles. The van der Waals surface area contributed by atoms with Crippen molar-refractivity contribution in [1.82, 2.24) is 24.7 Å². The Labute approximate surface area is 376 Å². The number of urea groups is 1. The summed E-state index contributed by atoms with van der Waals surface area (Å²) in [5, 5.41) is 13.5. The molecule has 3 amide bonds. The maximum absolute atomic E-state index is 14.9. The van der Waals surface area contributed by atoms with E-state index in [-0.39, 0.29) is 38.1 Å². The summed E-state index contributed by atoms with van der Waals surface area (Å²) in [4.78, 5) is 58.7. The molecule has 5 N–H and O–H groups in total. The van der Waals surface area contributed by atoms with Crippen molar-refractivity contribution in [3.05, 3.63) is 107 Å². The number of ether oxygens (including phenoxy) is 1. The highest BCUT2D eigenvalue weighted by atomic mass is 19.1. The van der Waals surface area contributed by atoms with Gasteiger partial charge in [-0.2, -0.15) is 4.99 Å². The van der Waals surface area contributed by atoms with Crippen LogP contribution in [-0.4, -0.2) is 121 Å². The molecule has 0 spiro atoms. The number of hydrogen-bond acceptors (Lipinski definition) is 13. The van der Waals surface area contributed by atoms with Crippen LogP contribution in [0.1, 0.15) is 63.6 Å². The summed E-state index contributed by atoms with van der Waals surface area (Å²) in [6, 6.07) is 16.6. The van der Waals surface area contributed by atoms with Crippen LogP contribution in [-0.2, 0) is 27.3 Å². The number of methoxy groups -OCH3 is 1. The van der Waals surface area contributed by atoms with Crippen molar-refractivity contribution >= 4 is 47.4 Å². The van der Waals surface area contributed by atoms with E-state index in [9.17, 15) is 23.2 Å². The van der Waals surface area contributed by atoms with Gasteiger partial charge in [0.05, 0.1) is 48.8 Å². The third-order valence-corrected chi connectivity index (χ3v) is 9.53. The van der Waals surface area contributed by atoms with Crippen LogP contribution in [0.25, 0.3) is 0 Å². The molecule has 0 atom stereocenters. The number of aliphatic imine (C=N–C) groups is 2. The highest BCUT2D eigenvalue weighted by Gasteiger charge is 2.21. The Balaban J connectivity index is 0.000000533. The quantitative estimate of drug-likeness (QED) is 0.0197. The number of aryl methyl sites for hydroxylation is 4. The van der Waals surface area contributed by atoms with Crippen molar-refractivity contribution in [2.45, 2.75) is 67.7 Å². The fourth-order valence-electron chi connectivity index (χ4n) is 6.27. The SMILES string of the molecule is C.C.CCCN(CCCc1cccc(NC(=O)Nc2ccc(C)nc2)c1F)CCN=COO.COC(=O)N1CCN(CCCc2cccc(N)c2F)CC1.Cc1ccc(N=C=O)cn1. The molecule has 0 saturated carbocycles. The van der Waals surface area contributed by atoms with Gasteiger partial charge in [0.1, 0.15) is 11.6 Å². The summed E-state index contributed by atoms with van der Waals surface area (Å²) in [6.07, 6.45) is 9.11. The first-order valence-corrected chi connectivity index (χ1v) is 20.3. The van der Waals surface area contributed by atoms with Gasteiger partial charge in [-0.15, -0.1) is 0 Å². The Morgan fingerprint density at radius 2 is 1.55 bits per heavy atom. The van der Waals surface area contributed by atoms with Gasteiger partial charge < -0.3 is 35.8 Å². The normalized spacial score (nSPS) is 12.0. The number of nitrogens with zero attached hydrogens (tertiary/aromatic N) is 7. The molecule has 0 radical (unpaired) electrons. The van der Waals surface area contributed by atoms with E-state index in [1.807, 2.05) is 13.8 Å². The Morgan fingerprint density at radius 3 is 2.16 bits per heavy atom. The number of isocyanates is 1. The Kier molecular flexibility index (Phi) is 27.4. The first-order chi connectivity index (χ1) is 30.0. The van der Waals surface area contributed by atoms with E-state index >= 15 is 0 Å². The minimum Gasteiger partial charge on any atom is -0.453 e. The predicted octanol–water partition coefficient (Wildman–Crippen LogP) is 8.69. The molecular weight excluding hydrogens is 827 g/mol. The lowest BCUT2D eigenvalue weighted by atomic mass is 10.1. The smallest absolute Gasteiger partial charge is 0.409 e. The molecule has 2 aromatic carbocycles. The number of rotatable bonds is 17. The zero-order chi connectivity index (χ0) is 45.1. The average Bonchev–Trinajstić information content (AvgIpc) is 3.27. The zero-order valence-corrected chi connectivity index (χ0v) is 35.9. The van der Waals surface area contributed by atoms with E-state index < -0.39 is 11.8 Å². The van der Waals surface area contributed by atoms with Gasteiger partial charge in [0, 0.05) is 44.1 Å². The summed E-state index contributed by atoms with van der Waals surface area (Å²) < 4.78 is 33.3. The molecule has 0 unspecified atom stereocenters. The Bertz CT molecular complexity index is 2030. The highest BCUT2D eigenvalue weighted by Crippen LogP contribution is 2.21. The number of anilines is 3. The monoisotopic (exact) mass is 893 g/mol. The number of piperazine rings is 1. The van der Waals surface area contributed by atoms with Gasteiger partial charge >= 0.3 is 12.1 Å².